The zero-order chi connectivity index (χ0) is 24.5. The van der Waals surface area contributed by atoms with Gasteiger partial charge in [0, 0.05) is 17.6 Å². The Hall–Kier alpha value is -2.14. The molecule has 2 aliphatic rings. The van der Waals surface area contributed by atoms with Gasteiger partial charge in [-0.3, -0.25) is 9.69 Å². The summed E-state index contributed by atoms with van der Waals surface area (Å²) >= 11 is 3.38. The number of fused-ring (bicyclic) bond motifs is 1. The van der Waals surface area contributed by atoms with E-state index in [1.165, 1.54) is 13.8 Å². The lowest BCUT2D eigenvalue weighted by Crippen LogP contribution is -2.52. The average molecular weight is 539 g/mol. The molecule has 2 atom stereocenters. The number of carbonyl (C=O) groups is 1. The maximum atomic E-state index is 14.2. The highest BCUT2D eigenvalue weighted by Crippen LogP contribution is 2.59. The van der Waals surface area contributed by atoms with E-state index in [0.717, 1.165) is 10.0 Å². The first-order chi connectivity index (χ1) is 15.2. The van der Waals surface area contributed by atoms with Crippen LogP contribution >= 0.6 is 15.9 Å². The van der Waals surface area contributed by atoms with Crippen molar-refractivity contribution in [2.45, 2.75) is 31.5 Å². The maximum absolute atomic E-state index is 14.2. The van der Waals surface area contributed by atoms with Gasteiger partial charge in [-0.1, -0.05) is 28.1 Å². The molecule has 1 N–H and O–H groups in total. The van der Waals surface area contributed by atoms with Gasteiger partial charge in [0.2, 0.25) is 5.91 Å². The van der Waals surface area contributed by atoms with Gasteiger partial charge in [-0.05, 0) is 49.3 Å². The number of anilines is 1. The van der Waals surface area contributed by atoms with Crippen LogP contribution < -0.4 is 5.32 Å². The zero-order valence-electron chi connectivity index (χ0n) is 17.3. The van der Waals surface area contributed by atoms with Crippen molar-refractivity contribution in [2.75, 3.05) is 18.4 Å². The Balaban J connectivity index is 1.50. The van der Waals surface area contributed by atoms with Crippen LogP contribution in [0, 0.1) is 35.1 Å². The van der Waals surface area contributed by atoms with Gasteiger partial charge in [-0.25, -0.2) is 17.6 Å². The van der Waals surface area contributed by atoms with Crippen LogP contribution in [-0.4, -0.2) is 29.4 Å². The lowest BCUT2D eigenvalue weighted by molar-refractivity contribution is -0.143. The summed E-state index contributed by atoms with van der Waals surface area (Å²) in [6, 6.07) is 7.89. The lowest BCUT2D eigenvalue weighted by Gasteiger charge is -2.35. The Morgan fingerprint density at radius 1 is 0.939 bits per heavy atom. The Kier molecular flexibility index (Phi) is 5.80. The van der Waals surface area contributed by atoms with Gasteiger partial charge in [-0.15, -0.1) is 0 Å². The second-order valence-corrected chi connectivity index (χ2v) is 9.74. The van der Waals surface area contributed by atoms with Crippen molar-refractivity contribution in [1.82, 2.24) is 4.90 Å². The van der Waals surface area contributed by atoms with Gasteiger partial charge in [0.05, 0.1) is 5.54 Å². The smallest absolute Gasteiger partial charge is 0.319 e. The SMILES string of the molecule is CC(C)(C(=O)Nc1c(F)c(F)c(C(F)(F)F)c(F)c1F)N1CC2C(C1)C2c1ccc(Br)cc1. The summed E-state index contributed by atoms with van der Waals surface area (Å²) in [5.74, 6) is -10.00. The van der Waals surface area contributed by atoms with Crippen LogP contribution in [0.4, 0.5) is 36.4 Å². The largest absolute Gasteiger partial charge is 0.422 e. The van der Waals surface area contributed by atoms with Crippen molar-refractivity contribution in [3.63, 3.8) is 0 Å². The number of nitrogens with zero attached hydrogens (tertiary/aromatic N) is 1. The highest BCUT2D eigenvalue weighted by Gasteiger charge is 2.59. The number of benzene rings is 2. The summed E-state index contributed by atoms with van der Waals surface area (Å²) in [6.45, 7) is 3.95. The van der Waals surface area contributed by atoms with E-state index < -0.39 is 52.1 Å². The molecule has 1 aliphatic carbocycles. The molecule has 2 fully saturated rings. The van der Waals surface area contributed by atoms with Crippen molar-refractivity contribution in [2.24, 2.45) is 11.8 Å². The molecule has 0 spiro atoms. The quantitative estimate of drug-likeness (QED) is 0.377. The molecule has 2 aromatic rings. The Morgan fingerprint density at radius 3 is 1.88 bits per heavy atom. The number of hydrogen-bond acceptors (Lipinski definition) is 2. The number of rotatable bonds is 4. The minimum atomic E-state index is -5.65. The molecule has 1 amide bonds. The maximum Gasteiger partial charge on any atom is 0.422 e. The van der Waals surface area contributed by atoms with Crippen LogP contribution in [0.5, 0.6) is 0 Å². The Morgan fingerprint density at radius 2 is 1.42 bits per heavy atom. The van der Waals surface area contributed by atoms with Gasteiger partial charge in [-0.2, -0.15) is 13.2 Å². The number of alkyl halides is 3. The van der Waals surface area contributed by atoms with E-state index in [1.807, 2.05) is 24.3 Å². The Bertz CT molecular complexity index is 1080. The molecule has 1 saturated carbocycles. The number of nitrogens with one attached hydrogen (secondary N) is 1. The molecule has 4 rings (SSSR count). The summed E-state index contributed by atoms with van der Waals surface area (Å²) in [6.07, 6.45) is -5.65. The summed E-state index contributed by atoms with van der Waals surface area (Å²) in [5, 5.41) is 1.75. The minimum absolute atomic E-state index is 0.271. The molecular formula is C22H18BrF7N2O. The average Bonchev–Trinajstić information content (AvgIpc) is 3.21. The van der Waals surface area contributed by atoms with E-state index in [4.69, 9.17) is 0 Å². The predicted octanol–water partition coefficient (Wildman–Crippen LogP) is 6.09. The summed E-state index contributed by atoms with van der Waals surface area (Å²) < 4.78 is 95.3. The van der Waals surface area contributed by atoms with Crippen LogP contribution in [0.25, 0.3) is 0 Å². The van der Waals surface area contributed by atoms with Crippen LogP contribution in [0.2, 0.25) is 0 Å². The molecule has 1 heterocycles. The van der Waals surface area contributed by atoms with Gasteiger partial charge in [0.25, 0.3) is 0 Å². The van der Waals surface area contributed by atoms with Gasteiger partial charge in [0.15, 0.2) is 23.3 Å². The summed E-state index contributed by atoms with van der Waals surface area (Å²) in [4.78, 5) is 14.6. The molecule has 3 nitrogen and oxygen atoms in total. The number of piperidine rings is 1. The van der Waals surface area contributed by atoms with Crippen molar-refractivity contribution < 1.29 is 35.5 Å². The molecule has 178 valence electrons. The van der Waals surface area contributed by atoms with Crippen molar-refractivity contribution in [1.29, 1.82) is 0 Å². The number of halogens is 8. The zero-order valence-corrected chi connectivity index (χ0v) is 18.9. The normalized spacial score (nSPS) is 22.9. The van der Waals surface area contributed by atoms with Gasteiger partial charge < -0.3 is 5.32 Å². The number of amides is 1. The van der Waals surface area contributed by atoms with Crippen LogP contribution in [0.3, 0.4) is 0 Å². The third-order valence-electron chi connectivity index (χ3n) is 6.58. The van der Waals surface area contributed by atoms with E-state index in [2.05, 4.69) is 15.9 Å². The molecule has 0 radical (unpaired) electrons. The molecule has 1 aliphatic heterocycles. The third kappa shape index (κ3) is 4.03. The molecular weight excluding hydrogens is 521 g/mol. The van der Waals surface area contributed by atoms with Crippen molar-refractivity contribution in [3.05, 3.63) is 63.1 Å². The fourth-order valence-corrected chi connectivity index (χ4v) is 4.83. The van der Waals surface area contributed by atoms with Crippen LogP contribution in [-0.2, 0) is 11.0 Å². The van der Waals surface area contributed by atoms with Crippen molar-refractivity contribution >= 4 is 27.5 Å². The van der Waals surface area contributed by atoms with E-state index in [0.29, 0.717) is 19.0 Å². The monoisotopic (exact) mass is 538 g/mol. The topological polar surface area (TPSA) is 32.3 Å². The molecule has 2 unspecified atom stereocenters. The van der Waals surface area contributed by atoms with Gasteiger partial charge >= 0.3 is 6.18 Å². The summed E-state index contributed by atoms with van der Waals surface area (Å²) in [5.41, 5.74) is -4.46. The fraction of sp³-hybridized carbons (Fsp3) is 0.409. The highest BCUT2D eigenvalue weighted by molar-refractivity contribution is 9.10. The number of carbonyl (C=O) groups excluding carboxylic acids is 1. The van der Waals surface area contributed by atoms with E-state index in [9.17, 15) is 35.5 Å². The second-order valence-electron chi connectivity index (χ2n) is 8.83. The number of likely N-dealkylation sites (tertiary alicyclic amines) is 1. The van der Waals surface area contributed by atoms with Crippen LogP contribution in [0.15, 0.2) is 28.7 Å². The lowest BCUT2D eigenvalue weighted by atomic mass is 9.99. The molecule has 11 heteroatoms. The molecule has 33 heavy (non-hydrogen) atoms. The standard InChI is InChI=1S/C22H18BrF7N2O/c1-21(2,32-7-11-12(8-32)13(11)9-3-5-10(23)6-4-9)20(33)31-19-17(26)15(24)14(22(28,29)30)16(25)18(19)27/h3-6,11-13H,7-8H2,1-2H3,(H,31,33). The molecule has 0 bridgehead atoms. The molecule has 1 saturated heterocycles. The minimum Gasteiger partial charge on any atom is -0.319 e. The molecule has 2 aromatic carbocycles. The third-order valence-corrected chi connectivity index (χ3v) is 7.11. The second kappa shape index (κ2) is 7.97. The number of hydrogen-bond donors (Lipinski definition) is 1. The Labute approximate surface area is 193 Å². The predicted molar refractivity (Wildman–Crippen MR) is 109 cm³/mol. The van der Waals surface area contributed by atoms with Crippen LogP contribution in [0.1, 0.15) is 30.9 Å². The molecule has 0 aromatic heterocycles. The van der Waals surface area contributed by atoms with E-state index in [-0.39, 0.29) is 11.8 Å². The highest BCUT2D eigenvalue weighted by atomic mass is 79.9. The summed E-state index contributed by atoms with van der Waals surface area (Å²) in [7, 11) is 0. The van der Waals surface area contributed by atoms with Crippen molar-refractivity contribution in [3.8, 4) is 0 Å². The first kappa shape index (κ1) is 24.0. The first-order valence-electron chi connectivity index (χ1n) is 10.00. The van der Waals surface area contributed by atoms with E-state index >= 15 is 0 Å². The van der Waals surface area contributed by atoms with Gasteiger partial charge in [0.1, 0.15) is 11.3 Å². The first-order valence-corrected chi connectivity index (χ1v) is 10.8. The van der Waals surface area contributed by atoms with E-state index in [1.54, 1.807) is 10.2 Å². The fourth-order valence-electron chi connectivity index (χ4n) is 4.56.